The Bertz CT molecular complexity index is 866. The minimum Gasteiger partial charge on any atom is -0.345 e. The number of amides is 1. The van der Waals surface area contributed by atoms with Crippen LogP contribution >= 0.6 is 0 Å². The Morgan fingerprint density at radius 2 is 2.15 bits per heavy atom. The number of hydrogen-bond donors (Lipinski definition) is 2. The van der Waals surface area contributed by atoms with E-state index in [1.807, 2.05) is 12.1 Å². The van der Waals surface area contributed by atoms with Crippen LogP contribution in [0.3, 0.4) is 0 Å². The maximum atomic E-state index is 12.4. The van der Waals surface area contributed by atoms with Gasteiger partial charge in [0.15, 0.2) is 5.82 Å². The molecule has 2 heterocycles. The minimum atomic E-state index is -0.184. The van der Waals surface area contributed by atoms with E-state index in [-0.39, 0.29) is 12.5 Å². The van der Waals surface area contributed by atoms with Crippen molar-refractivity contribution < 1.29 is 9.32 Å². The number of aromatic nitrogens is 4. The summed E-state index contributed by atoms with van der Waals surface area (Å²) in [6.07, 6.45) is 9.39. The van der Waals surface area contributed by atoms with Crippen LogP contribution in [0.1, 0.15) is 60.1 Å². The van der Waals surface area contributed by atoms with Crippen molar-refractivity contribution in [1.82, 2.24) is 25.4 Å². The summed E-state index contributed by atoms with van der Waals surface area (Å²) in [5.74, 6) is 2.15. The summed E-state index contributed by atoms with van der Waals surface area (Å²) in [5.41, 5.74) is 1.42. The predicted octanol–water partition coefficient (Wildman–Crippen LogP) is 3.44. The second-order valence-corrected chi connectivity index (χ2v) is 6.58. The molecule has 26 heavy (non-hydrogen) atoms. The number of carbonyl (C=O) groups excluding carboxylic acids is 1. The van der Waals surface area contributed by atoms with Crippen molar-refractivity contribution in [1.29, 1.82) is 0 Å². The molecular weight excluding hydrogens is 330 g/mol. The lowest BCUT2D eigenvalue weighted by molar-refractivity contribution is 0.0946. The maximum Gasteiger partial charge on any atom is 0.251 e. The molecule has 0 atom stereocenters. The van der Waals surface area contributed by atoms with Crippen molar-refractivity contribution in [2.75, 3.05) is 0 Å². The Morgan fingerprint density at radius 3 is 2.96 bits per heavy atom. The summed E-state index contributed by atoms with van der Waals surface area (Å²) in [5, 5.41) is 6.93. The quantitative estimate of drug-likeness (QED) is 0.734. The highest BCUT2D eigenvalue weighted by Crippen LogP contribution is 2.30. The molecule has 0 spiro atoms. The molecule has 3 aromatic rings. The lowest BCUT2D eigenvalue weighted by Gasteiger charge is -2.17. The molecule has 0 aliphatic heterocycles. The third-order valence-electron chi connectivity index (χ3n) is 4.75. The molecule has 1 amide bonds. The molecule has 0 bridgehead atoms. The lowest BCUT2D eigenvalue weighted by Crippen LogP contribution is -2.23. The average molecular weight is 351 g/mol. The number of benzene rings is 1. The third-order valence-corrected chi connectivity index (χ3v) is 4.75. The number of H-pyrrole nitrogens is 1. The van der Waals surface area contributed by atoms with E-state index in [1.54, 1.807) is 24.5 Å². The summed E-state index contributed by atoms with van der Waals surface area (Å²) in [4.78, 5) is 24.1. The van der Waals surface area contributed by atoms with Gasteiger partial charge in [-0.25, -0.2) is 4.98 Å². The van der Waals surface area contributed by atoms with E-state index in [1.165, 1.54) is 19.3 Å². The average Bonchev–Trinajstić information content (AvgIpc) is 3.39. The smallest absolute Gasteiger partial charge is 0.251 e. The van der Waals surface area contributed by atoms with Crippen LogP contribution in [-0.2, 0) is 6.54 Å². The van der Waals surface area contributed by atoms with Crippen molar-refractivity contribution >= 4 is 5.91 Å². The molecule has 2 aromatic heterocycles. The molecule has 1 aliphatic carbocycles. The second kappa shape index (κ2) is 7.51. The molecule has 1 aromatic carbocycles. The topological polar surface area (TPSA) is 96.7 Å². The van der Waals surface area contributed by atoms with Crippen LogP contribution in [0.5, 0.6) is 0 Å². The van der Waals surface area contributed by atoms with Gasteiger partial charge in [0, 0.05) is 29.4 Å². The summed E-state index contributed by atoms with van der Waals surface area (Å²) in [6.45, 7) is 0.226. The number of hydrogen-bond acceptors (Lipinski definition) is 5. The van der Waals surface area contributed by atoms with Gasteiger partial charge < -0.3 is 14.8 Å². The molecule has 0 saturated heterocycles. The van der Waals surface area contributed by atoms with Crippen molar-refractivity contribution in [2.45, 2.75) is 44.6 Å². The molecule has 0 radical (unpaired) electrons. The van der Waals surface area contributed by atoms with Crippen molar-refractivity contribution in [3.63, 3.8) is 0 Å². The van der Waals surface area contributed by atoms with Crippen LogP contribution in [-0.4, -0.2) is 26.0 Å². The molecular formula is C19H21N5O2. The van der Waals surface area contributed by atoms with Crippen LogP contribution < -0.4 is 5.32 Å². The summed E-state index contributed by atoms with van der Waals surface area (Å²) < 4.78 is 5.30. The number of nitrogens with zero attached hydrogens (tertiary/aromatic N) is 3. The van der Waals surface area contributed by atoms with Gasteiger partial charge in [-0.05, 0) is 25.0 Å². The molecule has 7 heteroatoms. The molecule has 0 unspecified atom stereocenters. The highest BCUT2D eigenvalue weighted by molar-refractivity contribution is 5.95. The first-order chi connectivity index (χ1) is 12.8. The fraction of sp³-hybridized carbons (Fsp3) is 0.368. The lowest BCUT2D eigenvalue weighted by atomic mass is 9.89. The van der Waals surface area contributed by atoms with E-state index < -0.39 is 0 Å². The monoisotopic (exact) mass is 351 g/mol. The van der Waals surface area contributed by atoms with Crippen molar-refractivity contribution in [3.8, 4) is 11.4 Å². The van der Waals surface area contributed by atoms with Gasteiger partial charge in [0.05, 0.1) is 6.54 Å². The van der Waals surface area contributed by atoms with Crippen molar-refractivity contribution in [2.24, 2.45) is 0 Å². The van der Waals surface area contributed by atoms with Crippen LogP contribution in [0.4, 0.5) is 0 Å². The Kier molecular flexibility index (Phi) is 4.77. The molecule has 1 fully saturated rings. The predicted molar refractivity (Wildman–Crippen MR) is 95.3 cm³/mol. The summed E-state index contributed by atoms with van der Waals surface area (Å²) in [6, 6.07) is 7.31. The van der Waals surface area contributed by atoms with Crippen LogP contribution in [0.25, 0.3) is 11.4 Å². The van der Waals surface area contributed by atoms with Crippen LogP contribution in [0, 0.1) is 0 Å². The SMILES string of the molecule is O=C(NCc1nc(C2CCCCC2)no1)c1cccc(-c2ncc[nH]2)c1. The number of aromatic amines is 1. The third kappa shape index (κ3) is 3.66. The van der Waals surface area contributed by atoms with Gasteiger partial charge in [-0.1, -0.05) is 36.6 Å². The molecule has 1 saturated carbocycles. The van der Waals surface area contributed by atoms with E-state index in [9.17, 15) is 4.79 Å². The molecule has 134 valence electrons. The standard InChI is InChI=1S/C19H21N5O2/c25-19(15-8-4-7-14(11-15)17-20-9-10-21-17)22-12-16-23-18(24-26-16)13-5-2-1-3-6-13/h4,7-11,13H,1-3,5-6,12H2,(H,20,21)(H,22,25). The molecule has 7 nitrogen and oxygen atoms in total. The zero-order chi connectivity index (χ0) is 17.8. The molecule has 1 aliphatic rings. The van der Waals surface area contributed by atoms with Gasteiger partial charge in [-0.15, -0.1) is 0 Å². The second-order valence-electron chi connectivity index (χ2n) is 6.58. The minimum absolute atomic E-state index is 0.184. The summed E-state index contributed by atoms with van der Waals surface area (Å²) >= 11 is 0. The number of imidazole rings is 1. The summed E-state index contributed by atoms with van der Waals surface area (Å²) in [7, 11) is 0. The number of rotatable bonds is 5. The van der Waals surface area contributed by atoms with Gasteiger partial charge in [-0.2, -0.15) is 4.98 Å². The fourth-order valence-corrected chi connectivity index (χ4v) is 3.36. The van der Waals surface area contributed by atoms with Gasteiger partial charge in [-0.3, -0.25) is 4.79 Å². The Morgan fingerprint density at radius 1 is 1.27 bits per heavy atom. The van der Waals surface area contributed by atoms with E-state index in [0.29, 0.717) is 17.4 Å². The largest absolute Gasteiger partial charge is 0.345 e. The van der Waals surface area contributed by atoms with Gasteiger partial charge in [0.2, 0.25) is 5.89 Å². The molecule has 4 rings (SSSR count). The first-order valence-electron chi connectivity index (χ1n) is 9.00. The fourth-order valence-electron chi connectivity index (χ4n) is 3.36. The van der Waals surface area contributed by atoms with Gasteiger partial charge >= 0.3 is 0 Å². The maximum absolute atomic E-state index is 12.4. The van der Waals surface area contributed by atoms with E-state index in [0.717, 1.165) is 30.1 Å². The normalized spacial score (nSPS) is 15.1. The Balaban J connectivity index is 1.38. The Hall–Kier alpha value is -2.96. The van der Waals surface area contributed by atoms with Crippen molar-refractivity contribution in [3.05, 3.63) is 53.9 Å². The molecule has 2 N–H and O–H groups in total. The number of carbonyl (C=O) groups is 1. The van der Waals surface area contributed by atoms with E-state index in [2.05, 4.69) is 25.4 Å². The first-order valence-corrected chi connectivity index (χ1v) is 9.00. The highest BCUT2D eigenvalue weighted by Gasteiger charge is 2.21. The Labute approximate surface area is 151 Å². The van der Waals surface area contributed by atoms with Crippen LogP contribution in [0.2, 0.25) is 0 Å². The van der Waals surface area contributed by atoms with Gasteiger partial charge in [0.1, 0.15) is 5.82 Å². The highest BCUT2D eigenvalue weighted by atomic mass is 16.5. The van der Waals surface area contributed by atoms with Gasteiger partial charge in [0.25, 0.3) is 5.91 Å². The zero-order valence-electron chi connectivity index (χ0n) is 14.4. The van der Waals surface area contributed by atoms with E-state index in [4.69, 9.17) is 4.52 Å². The zero-order valence-corrected chi connectivity index (χ0v) is 14.4. The van der Waals surface area contributed by atoms with Crippen LogP contribution in [0.15, 0.2) is 41.2 Å². The first kappa shape index (κ1) is 16.5. The van der Waals surface area contributed by atoms with E-state index >= 15 is 0 Å². The number of nitrogens with one attached hydrogen (secondary N) is 2.